The Morgan fingerprint density at radius 1 is 1.62 bits per heavy atom. The van der Waals surface area contributed by atoms with Crippen molar-refractivity contribution in [3.05, 3.63) is 0 Å². The molecule has 0 bridgehead atoms. The van der Waals surface area contributed by atoms with Gasteiger partial charge in [-0.15, -0.1) is 0 Å². The van der Waals surface area contributed by atoms with Gasteiger partial charge in [-0.05, 0) is 17.8 Å². The van der Waals surface area contributed by atoms with Crippen LogP contribution in [0.5, 0.6) is 0 Å². The quantitative estimate of drug-likeness (QED) is 0.668. The Kier molecular flexibility index (Phi) is 3.69. The van der Waals surface area contributed by atoms with Gasteiger partial charge < -0.3 is 4.74 Å². The van der Waals surface area contributed by atoms with E-state index in [0.717, 1.165) is 6.42 Å². The van der Waals surface area contributed by atoms with Crippen LogP contribution >= 0.6 is 0 Å². The van der Waals surface area contributed by atoms with Crippen LogP contribution in [-0.2, 0) is 14.3 Å². The fraction of sp³-hybridized carbons (Fsp3) is 0.750. The summed E-state index contributed by atoms with van der Waals surface area (Å²) in [5, 5.41) is 9.04. The third-order valence-corrected chi connectivity index (χ3v) is 3.50. The molecule has 0 aliphatic heterocycles. The van der Waals surface area contributed by atoms with Crippen molar-refractivity contribution in [2.45, 2.75) is 33.1 Å². The molecule has 0 amide bonds. The van der Waals surface area contributed by atoms with Gasteiger partial charge in [0.2, 0.25) is 0 Å². The summed E-state index contributed by atoms with van der Waals surface area (Å²) >= 11 is 0. The Morgan fingerprint density at radius 3 is 2.75 bits per heavy atom. The van der Waals surface area contributed by atoms with E-state index in [9.17, 15) is 9.59 Å². The molecule has 1 fully saturated rings. The van der Waals surface area contributed by atoms with E-state index in [-0.39, 0.29) is 17.1 Å². The molecule has 0 spiro atoms. The number of ketones is 1. The minimum Gasteiger partial charge on any atom is -0.468 e. The lowest BCUT2D eigenvalue weighted by Gasteiger charge is -2.39. The second-order valence-electron chi connectivity index (χ2n) is 4.97. The van der Waals surface area contributed by atoms with Crippen LogP contribution in [-0.4, -0.2) is 18.9 Å². The maximum atomic E-state index is 11.5. The lowest BCUT2D eigenvalue weighted by atomic mass is 9.64. The van der Waals surface area contributed by atoms with Crippen LogP contribution < -0.4 is 0 Å². The maximum Gasteiger partial charge on any atom is 0.323 e. The van der Waals surface area contributed by atoms with Gasteiger partial charge >= 0.3 is 5.97 Å². The minimum atomic E-state index is -0.829. The van der Waals surface area contributed by atoms with Gasteiger partial charge in [0.25, 0.3) is 0 Å². The van der Waals surface area contributed by atoms with Gasteiger partial charge in [0.05, 0.1) is 13.2 Å². The van der Waals surface area contributed by atoms with Crippen molar-refractivity contribution >= 4 is 11.8 Å². The second kappa shape index (κ2) is 4.65. The molecule has 1 saturated carbocycles. The zero-order valence-electron chi connectivity index (χ0n) is 9.95. The number of nitrogens with zero attached hydrogens (tertiary/aromatic N) is 1. The molecule has 2 unspecified atom stereocenters. The van der Waals surface area contributed by atoms with Crippen LogP contribution in [0.4, 0.5) is 0 Å². The Hall–Kier alpha value is -1.37. The van der Waals surface area contributed by atoms with E-state index in [4.69, 9.17) is 5.26 Å². The number of Topliss-reactive ketones (excluding diaryl/α,β-unsaturated/α-hetero) is 1. The summed E-state index contributed by atoms with van der Waals surface area (Å²) in [4.78, 5) is 22.9. The molecule has 16 heavy (non-hydrogen) atoms. The molecule has 0 aromatic carbocycles. The Balaban J connectivity index is 2.94. The topological polar surface area (TPSA) is 67.2 Å². The number of nitriles is 1. The highest BCUT2D eigenvalue weighted by Crippen LogP contribution is 2.43. The van der Waals surface area contributed by atoms with Gasteiger partial charge in [0.15, 0.2) is 0 Å². The zero-order valence-corrected chi connectivity index (χ0v) is 9.95. The van der Waals surface area contributed by atoms with Crippen LogP contribution in [0.2, 0.25) is 0 Å². The van der Waals surface area contributed by atoms with E-state index in [0.29, 0.717) is 12.8 Å². The molecule has 88 valence electrons. The number of carbonyl (C=O) groups excluding carboxylic acids is 2. The van der Waals surface area contributed by atoms with E-state index in [1.54, 1.807) is 0 Å². The summed E-state index contributed by atoms with van der Waals surface area (Å²) in [5.41, 5.74) is -0.164. The van der Waals surface area contributed by atoms with Crippen molar-refractivity contribution in [3.63, 3.8) is 0 Å². The first-order valence-electron chi connectivity index (χ1n) is 5.41. The molecule has 1 rings (SSSR count). The number of ether oxygens (including phenoxy) is 1. The third-order valence-electron chi connectivity index (χ3n) is 3.50. The number of hydrogen-bond acceptors (Lipinski definition) is 4. The molecular formula is C12H17NO3. The largest absolute Gasteiger partial charge is 0.468 e. The molecule has 0 aromatic heterocycles. The summed E-state index contributed by atoms with van der Waals surface area (Å²) in [6.07, 6.45) is 1.58. The molecule has 0 aromatic rings. The number of rotatable bonds is 2. The summed E-state index contributed by atoms with van der Waals surface area (Å²) in [5.74, 6) is -1.46. The first-order chi connectivity index (χ1) is 7.42. The molecule has 4 heteroatoms. The van der Waals surface area contributed by atoms with Gasteiger partial charge in [-0.2, -0.15) is 5.26 Å². The second-order valence-corrected chi connectivity index (χ2v) is 4.97. The molecule has 1 aliphatic carbocycles. The lowest BCUT2D eigenvalue weighted by molar-refractivity contribution is -0.148. The van der Waals surface area contributed by atoms with E-state index in [1.807, 2.05) is 19.9 Å². The average Bonchev–Trinajstić information content (AvgIpc) is 2.24. The van der Waals surface area contributed by atoms with Gasteiger partial charge in [0.1, 0.15) is 11.7 Å². The van der Waals surface area contributed by atoms with E-state index >= 15 is 0 Å². The van der Waals surface area contributed by atoms with Crippen LogP contribution in [0, 0.1) is 28.6 Å². The van der Waals surface area contributed by atoms with Crippen LogP contribution in [0.15, 0.2) is 0 Å². The van der Waals surface area contributed by atoms with Crippen molar-refractivity contribution < 1.29 is 14.3 Å². The van der Waals surface area contributed by atoms with Crippen molar-refractivity contribution in [2.24, 2.45) is 17.3 Å². The van der Waals surface area contributed by atoms with Crippen molar-refractivity contribution in [1.29, 1.82) is 5.26 Å². The number of hydrogen-bond donors (Lipinski definition) is 0. The first kappa shape index (κ1) is 12.7. The van der Waals surface area contributed by atoms with Gasteiger partial charge in [-0.25, -0.2) is 0 Å². The SMILES string of the molecule is COC(=O)C(C#N)C1CC(=O)CCC1(C)C. The number of methoxy groups -OCH3 is 1. The summed E-state index contributed by atoms with van der Waals surface area (Å²) in [7, 11) is 1.27. The molecular weight excluding hydrogens is 206 g/mol. The Bertz CT molecular complexity index is 341. The highest BCUT2D eigenvalue weighted by Gasteiger charge is 2.43. The highest BCUT2D eigenvalue weighted by molar-refractivity contribution is 5.82. The maximum absolute atomic E-state index is 11.5. The molecule has 0 N–H and O–H groups in total. The third kappa shape index (κ3) is 2.41. The van der Waals surface area contributed by atoms with Crippen molar-refractivity contribution in [2.75, 3.05) is 7.11 Å². The normalized spacial score (nSPS) is 25.6. The van der Waals surface area contributed by atoms with Gasteiger partial charge in [-0.3, -0.25) is 9.59 Å². The van der Waals surface area contributed by atoms with E-state index in [1.165, 1.54) is 7.11 Å². The Morgan fingerprint density at radius 2 is 2.25 bits per heavy atom. The van der Waals surface area contributed by atoms with Crippen molar-refractivity contribution in [3.8, 4) is 6.07 Å². The van der Waals surface area contributed by atoms with Crippen LogP contribution in [0.3, 0.4) is 0 Å². The smallest absolute Gasteiger partial charge is 0.323 e. The standard InChI is InChI=1S/C12H17NO3/c1-12(2)5-4-8(14)6-10(12)9(7-13)11(15)16-3/h9-10H,4-6H2,1-3H3. The fourth-order valence-corrected chi connectivity index (χ4v) is 2.27. The summed E-state index contributed by atoms with van der Waals surface area (Å²) in [6.45, 7) is 3.99. The zero-order chi connectivity index (χ0) is 12.3. The van der Waals surface area contributed by atoms with Gasteiger partial charge in [0, 0.05) is 12.8 Å². The van der Waals surface area contributed by atoms with E-state index in [2.05, 4.69) is 4.74 Å². The van der Waals surface area contributed by atoms with Crippen LogP contribution in [0.25, 0.3) is 0 Å². The highest BCUT2D eigenvalue weighted by atomic mass is 16.5. The predicted octanol–water partition coefficient (Wildman–Crippen LogP) is 1.69. The molecule has 1 aliphatic rings. The lowest BCUT2D eigenvalue weighted by Crippen LogP contribution is -2.39. The number of esters is 1. The summed E-state index contributed by atoms with van der Waals surface area (Å²) in [6, 6.07) is 1.97. The Labute approximate surface area is 95.6 Å². The predicted molar refractivity (Wildman–Crippen MR) is 57.2 cm³/mol. The minimum absolute atomic E-state index is 0.133. The monoisotopic (exact) mass is 223 g/mol. The van der Waals surface area contributed by atoms with E-state index < -0.39 is 11.9 Å². The molecule has 0 heterocycles. The molecule has 2 atom stereocenters. The number of carbonyl (C=O) groups is 2. The molecule has 0 saturated heterocycles. The summed E-state index contributed by atoms with van der Waals surface area (Å²) < 4.78 is 4.61. The first-order valence-corrected chi connectivity index (χ1v) is 5.41. The average molecular weight is 223 g/mol. The van der Waals surface area contributed by atoms with Gasteiger partial charge in [-0.1, -0.05) is 13.8 Å². The van der Waals surface area contributed by atoms with Crippen molar-refractivity contribution in [1.82, 2.24) is 0 Å². The molecule has 4 nitrogen and oxygen atoms in total. The van der Waals surface area contributed by atoms with Crippen LogP contribution in [0.1, 0.15) is 33.1 Å². The molecule has 0 radical (unpaired) electrons. The fourth-order valence-electron chi connectivity index (χ4n) is 2.27.